The first-order valence-electron chi connectivity index (χ1n) is 9.09. The van der Waals surface area contributed by atoms with Crippen molar-refractivity contribution in [1.29, 1.82) is 0 Å². The fourth-order valence-corrected chi connectivity index (χ4v) is 3.16. The summed E-state index contributed by atoms with van der Waals surface area (Å²) in [5.41, 5.74) is 0.458. The van der Waals surface area contributed by atoms with E-state index in [0.29, 0.717) is 23.8 Å². The van der Waals surface area contributed by atoms with E-state index in [1.165, 1.54) is 30.2 Å². The second-order valence-electron chi connectivity index (χ2n) is 6.46. The van der Waals surface area contributed by atoms with Crippen molar-refractivity contribution in [3.63, 3.8) is 0 Å². The summed E-state index contributed by atoms with van der Waals surface area (Å²) in [5.74, 6) is -0.190. The average molecular weight is 399 g/mol. The second-order valence-corrected chi connectivity index (χ2v) is 6.46. The second kappa shape index (κ2) is 8.59. The van der Waals surface area contributed by atoms with Gasteiger partial charge < -0.3 is 19.7 Å². The maximum absolute atomic E-state index is 12.7. The highest BCUT2D eigenvalue weighted by Gasteiger charge is 2.35. The Morgan fingerprint density at radius 1 is 1.24 bits per heavy atom. The van der Waals surface area contributed by atoms with Crippen LogP contribution in [0.3, 0.4) is 0 Å². The van der Waals surface area contributed by atoms with Gasteiger partial charge >= 0.3 is 0 Å². The predicted octanol–water partition coefficient (Wildman–Crippen LogP) is 2.99. The molecule has 2 aromatic carbocycles. The first kappa shape index (κ1) is 20.1. The molecular weight excluding hydrogens is 378 g/mol. The fraction of sp³-hybridized carbons (Fsp3) is 0.300. The minimum absolute atomic E-state index is 0.0246. The molecule has 0 spiro atoms. The maximum Gasteiger partial charge on any atom is 0.293 e. The molecule has 29 heavy (non-hydrogen) atoms. The molecule has 2 amide bonds. The summed E-state index contributed by atoms with van der Waals surface area (Å²) in [4.78, 5) is 37.3. The number of methoxy groups -OCH3 is 1. The molecule has 0 saturated carbocycles. The zero-order valence-electron chi connectivity index (χ0n) is 16.1. The Kier molecular flexibility index (Phi) is 5.96. The van der Waals surface area contributed by atoms with Gasteiger partial charge in [0, 0.05) is 30.8 Å². The molecule has 9 heteroatoms. The van der Waals surface area contributed by atoms with E-state index in [9.17, 15) is 19.7 Å². The Morgan fingerprint density at radius 2 is 1.93 bits per heavy atom. The van der Waals surface area contributed by atoms with Crippen molar-refractivity contribution in [3.8, 4) is 11.5 Å². The van der Waals surface area contributed by atoms with Crippen LogP contribution >= 0.6 is 0 Å². The van der Waals surface area contributed by atoms with E-state index in [1.807, 2.05) is 6.92 Å². The van der Waals surface area contributed by atoms with Crippen molar-refractivity contribution in [3.05, 3.63) is 52.6 Å². The summed E-state index contributed by atoms with van der Waals surface area (Å²) in [6.07, 6.45) is 0.0246. The van der Waals surface area contributed by atoms with Gasteiger partial charge in [-0.1, -0.05) is 0 Å². The highest BCUT2D eigenvalue weighted by atomic mass is 16.6. The fourth-order valence-electron chi connectivity index (χ4n) is 3.16. The first-order valence-corrected chi connectivity index (χ1v) is 9.09. The van der Waals surface area contributed by atoms with Gasteiger partial charge in [-0.05, 0) is 37.3 Å². The van der Waals surface area contributed by atoms with Crippen LogP contribution in [0.4, 0.5) is 17.1 Å². The molecular formula is C20H21N3O6. The predicted molar refractivity (Wildman–Crippen MR) is 106 cm³/mol. The highest BCUT2D eigenvalue weighted by molar-refractivity contribution is 6.04. The van der Waals surface area contributed by atoms with E-state index in [2.05, 4.69) is 5.32 Å². The highest BCUT2D eigenvalue weighted by Crippen LogP contribution is 2.31. The molecule has 1 saturated heterocycles. The van der Waals surface area contributed by atoms with Crippen LogP contribution in [0.5, 0.6) is 11.5 Å². The van der Waals surface area contributed by atoms with Crippen LogP contribution in [-0.4, -0.2) is 37.0 Å². The number of hydrogen-bond donors (Lipinski definition) is 1. The molecule has 9 nitrogen and oxygen atoms in total. The third kappa shape index (κ3) is 4.45. The van der Waals surface area contributed by atoms with Crippen molar-refractivity contribution in [2.24, 2.45) is 5.92 Å². The molecule has 0 aromatic heterocycles. The standard InChI is InChI=1S/C20H21N3O6/c1-3-29-15-6-4-14(5-7-15)22-12-13(10-19(22)24)20(25)21-17-11-16(28-2)8-9-18(17)23(26)27/h4-9,11,13H,3,10,12H2,1-2H3,(H,21,25)/t13-/m1/s1. The van der Waals surface area contributed by atoms with Crippen molar-refractivity contribution in [2.75, 3.05) is 30.5 Å². The van der Waals surface area contributed by atoms with Gasteiger partial charge in [0.25, 0.3) is 5.69 Å². The molecule has 0 aliphatic carbocycles. The van der Waals surface area contributed by atoms with Crippen LogP contribution in [0.25, 0.3) is 0 Å². The van der Waals surface area contributed by atoms with Crippen LogP contribution in [0.15, 0.2) is 42.5 Å². The van der Waals surface area contributed by atoms with Crippen molar-refractivity contribution in [1.82, 2.24) is 0 Å². The van der Waals surface area contributed by atoms with Crippen LogP contribution in [0.2, 0.25) is 0 Å². The number of nitrogens with one attached hydrogen (secondary N) is 1. The average Bonchev–Trinajstić information content (AvgIpc) is 3.10. The SMILES string of the molecule is CCOc1ccc(N2C[C@H](C(=O)Nc3cc(OC)ccc3[N+](=O)[O-])CC2=O)cc1. The molecule has 2 aromatic rings. The molecule has 1 fully saturated rings. The molecule has 1 atom stereocenters. The summed E-state index contributed by atoms with van der Waals surface area (Å²) in [5, 5.41) is 13.8. The lowest BCUT2D eigenvalue weighted by Crippen LogP contribution is -2.28. The number of anilines is 2. The topological polar surface area (TPSA) is 111 Å². The first-order chi connectivity index (χ1) is 13.9. The largest absolute Gasteiger partial charge is 0.497 e. The third-order valence-corrected chi connectivity index (χ3v) is 4.61. The van der Waals surface area contributed by atoms with Gasteiger partial charge in [-0.2, -0.15) is 0 Å². The monoisotopic (exact) mass is 399 g/mol. The number of nitro benzene ring substituents is 1. The van der Waals surface area contributed by atoms with Gasteiger partial charge in [0.15, 0.2) is 0 Å². The van der Waals surface area contributed by atoms with Gasteiger partial charge in [-0.3, -0.25) is 19.7 Å². The zero-order valence-corrected chi connectivity index (χ0v) is 16.1. The zero-order chi connectivity index (χ0) is 21.0. The van der Waals surface area contributed by atoms with Gasteiger partial charge in [0.1, 0.15) is 17.2 Å². The molecule has 0 bridgehead atoms. The molecule has 152 valence electrons. The molecule has 1 aliphatic heterocycles. The quantitative estimate of drug-likeness (QED) is 0.566. The van der Waals surface area contributed by atoms with E-state index >= 15 is 0 Å². The summed E-state index contributed by atoms with van der Waals surface area (Å²) >= 11 is 0. The summed E-state index contributed by atoms with van der Waals surface area (Å²) in [6.45, 7) is 2.62. The number of carbonyl (C=O) groups is 2. The van der Waals surface area contributed by atoms with Crippen LogP contribution in [-0.2, 0) is 9.59 Å². The van der Waals surface area contributed by atoms with Gasteiger partial charge in [-0.15, -0.1) is 0 Å². The number of nitro groups is 1. The van der Waals surface area contributed by atoms with E-state index < -0.39 is 16.7 Å². The van der Waals surface area contributed by atoms with E-state index in [1.54, 1.807) is 24.3 Å². The molecule has 1 aliphatic rings. The lowest BCUT2D eigenvalue weighted by atomic mass is 10.1. The Hall–Kier alpha value is -3.62. The van der Waals surface area contributed by atoms with Gasteiger partial charge in [-0.25, -0.2) is 0 Å². The molecule has 1 heterocycles. The Balaban J connectivity index is 1.73. The minimum Gasteiger partial charge on any atom is -0.497 e. The Morgan fingerprint density at radius 3 is 2.55 bits per heavy atom. The molecule has 0 radical (unpaired) electrons. The minimum atomic E-state index is -0.625. The van der Waals surface area contributed by atoms with Crippen molar-refractivity contribution in [2.45, 2.75) is 13.3 Å². The number of carbonyl (C=O) groups excluding carboxylic acids is 2. The Bertz CT molecular complexity index is 928. The number of rotatable bonds is 7. The van der Waals surface area contributed by atoms with Crippen molar-refractivity contribution < 1.29 is 24.0 Å². The third-order valence-electron chi connectivity index (χ3n) is 4.61. The number of nitrogens with zero attached hydrogens (tertiary/aromatic N) is 2. The lowest BCUT2D eigenvalue weighted by Gasteiger charge is -2.17. The van der Waals surface area contributed by atoms with Crippen molar-refractivity contribution >= 4 is 28.9 Å². The summed E-state index contributed by atoms with van der Waals surface area (Å²) in [6, 6.07) is 11.1. The lowest BCUT2D eigenvalue weighted by molar-refractivity contribution is -0.383. The normalized spacial score (nSPS) is 15.9. The number of ether oxygens (including phenoxy) is 2. The number of benzene rings is 2. The van der Waals surface area contributed by atoms with Crippen LogP contribution in [0.1, 0.15) is 13.3 Å². The summed E-state index contributed by atoms with van der Waals surface area (Å²) in [7, 11) is 1.43. The maximum atomic E-state index is 12.7. The van der Waals surface area contributed by atoms with E-state index in [0.717, 1.165) is 0 Å². The van der Waals surface area contributed by atoms with Crippen LogP contribution < -0.4 is 19.7 Å². The van der Waals surface area contributed by atoms with E-state index in [4.69, 9.17) is 9.47 Å². The van der Waals surface area contributed by atoms with Gasteiger partial charge in [0.2, 0.25) is 11.8 Å². The van der Waals surface area contributed by atoms with E-state index in [-0.39, 0.29) is 30.2 Å². The molecule has 1 N–H and O–H groups in total. The molecule has 3 rings (SSSR count). The Labute approximate surface area is 167 Å². The number of amides is 2. The van der Waals surface area contributed by atoms with Gasteiger partial charge in [0.05, 0.1) is 24.6 Å². The smallest absolute Gasteiger partial charge is 0.293 e. The van der Waals surface area contributed by atoms with Crippen LogP contribution in [0, 0.1) is 16.0 Å². The molecule has 0 unspecified atom stereocenters. The number of hydrogen-bond acceptors (Lipinski definition) is 6. The summed E-state index contributed by atoms with van der Waals surface area (Å²) < 4.78 is 10.5.